The third-order valence-corrected chi connectivity index (χ3v) is 6.83. The minimum atomic E-state index is -1.09. The van der Waals surface area contributed by atoms with Crippen LogP contribution in [0.2, 0.25) is 0 Å². The largest absolute Gasteiger partial charge is 0.506 e. The number of halogens is 5. The van der Waals surface area contributed by atoms with Crippen molar-refractivity contribution in [2.45, 2.75) is 25.8 Å². The highest BCUT2D eigenvalue weighted by molar-refractivity contribution is 14.1. The summed E-state index contributed by atoms with van der Waals surface area (Å²) >= 11 is 8.56. The number of rotatable bonds is 6. The monoisotopic (exact) mass is 855 g/mol. The Balaban J connectivity index is 0.00000392. The number of nitrogens with two attached hydrogens (primary N) is 1. The first-order chi connectivity index (χ1) is 12.5. The van der Waals surface area contributed by atoms with Gasteiger partial charge in [0, 0.05) is 6.42 Å². The quantitative estimate of drug-likeness (QED) is 0.282. The molecular formula is C18H18ClI4NO4. The molecule has 1 atom stereocenters. The fourth-order valence-electron chi connectivity index (χ4n) is 2.32. The smallest absolute Gasteiger partial charge is 0.326 e. The summed E-state index contributed by atoms with van der Waals surface area (Å²) in [6.45, 7) is 3.74. The van der Waals surface area contributed by atoms with E-state index in [0.29, 0.717) is 18.8 Å². The number of benzene rings is 2. The molecule has 0 bridgehead atoms. The molecule has 2 aromatic carbocycles. The number of phenols is 1. The Labute approximate surface area is 224 Å². The van der Waals surface area contributed by atoms with E-state index in [1.54, 1.807) is 26.0 Å². The predicted molar refractivity (Wildman–Crippen MR) is 146 cm³/mol. The van der Waals surface area contributed by atoms with Crippen molar-refractivity contribution in [2.75, 3.05) is 6.61 Å². The zero-order chi connectivity index (χ0) is 20.4. The number of carbonyl (C=O) groups excluding carboxylic acids is 1. The van der Waals surface area contributed by atoms with Crippen molar-refractivity contribution in [3.05, 3.63) is 44.1 Å². The molecule has 10 heteroatoms. The molecule has 0 radical (unpaired) electrons. The predicted octanol–water partition coefficient (Wildman–Crippen LogP) is 5.85. The molecule has 0 aliphatic rings. The van der Waals surface area contributed by atoms with Crippen molar-refractivity contribution in [2.24, 2.45) is 5.73 Å². The van der Waals surface area contributed by atoms with E-state index in [-0.39, 0.29) is 18.2 Å². The Morgan fingerprint density at radius 2 is 1.57 bits per heavy atom. The van der Waals surface area contributed by atoms with E-state index in [2.05, 4.69) is 90.4 Å². The number of esters is 1. The average Bonchev–Trinajstić information content (AvgIpc) is 2.55. The van der Waals surface area contributed by atoms with Crippen LogP contribution in [0.25, 0.3) is 0 Å². The topological polar surface area (TPSA) is 81.8 Å². The summed E-state index contributed by atoms with van der Waals surface area (Å²) in [5.74, 6) is 1.22. The molecule has 0 unspecified atom stereocenters. The minimum Gasteiger partial charge on any atom is -0.506 e. The Hall–Kier alpha value is 0.680. The lowest BCUT2D eigenvalue weighted by atomic mass is 9.94. The number of hydrogen-bond donors (Lipinski definition) is 2. The van der Waals surface area contributed by atoms with Gasteiger partial charge in [-0.15, -0.1) is 12.4 Å². The van der Waals surface area contributed by atoms with E-state index in [0.717, 1.165) is 25.6 Å². The van der Waals surface area contributed by atoms with E-state index in [4.69, 9.17) is 15.2 Å². The second-order valence-corrected chi connectivity index (χ2v) is 10.7. The highest BCUT2D eigenvalue weighted by Crippen LogP contribution is 2.37. The van der Waals surface area contributed by atoms with Crippen molar-refractivity contribution in [3.8, 4) is 17.2 Å². The van der Waals surface area contributed by atoms with Crippen LogP contribution < -0.4 is 10.5 Å². The summed E-state index contributed by atoms with van der Waals surface area (Å²) in [5.41, 5.74) is 6.00. The van der Waals surface area contributed by atoms with Crippen LogP contribution in [0.4, 0.5) is 0 Å². The van der Waals surface area contributed by atoms with Crippen LogP contribution >= 0.6 is 103 Å². The van der Waals surface area contributed by atoms with Gasteiger partial charge in [0.25, 0.3) is 0 Å². The second kappa shape index (κ2) is 11.3. The van der Waals surface area contributed by atoms with Crippen LogP contribution in [0.5, 0.6) is 17.2 Å². The third kappa shape index (κ3) is 6.85. The van der Waals surface area contributed by atoms with Gasteiger partial charge in [0.15, 0.2) is 5.75 Å². The number of hydrogen-bond acceptors (Lipinski definition) is 5. The number of ether oxygens (including phenoxy) is 2. The summed E-state index contributed by atoms with van der Waals surface area (Å²) in [6.07, 6.45) is 0.368. The number of carbonyl (C=O) groups is 1. The Bertz CT molecular complexity index is 831. The van der Waals surface area contributed by atoms with Gasteiger partial charge >= 0.3 is 5.97 Å². The summed E-state index contributed by atoms with van der Waals surface area (Å²) in [6, 6.07) is 7.49. The highest BCUT2D eigenvalue weighted by atomic mass is 127. The van der Waals surface area contributed by atoms with Gasteiger partial charge in [-0.1, -0.05) is 0 Å². The van der Waals surface area contributed by atoms with Crippen molar-refractivity contribution in [1.82, 2.24) is 0 Å². The molecule has 5 nitrogen and oxygen atoms in total. The maximum absolute atomic E-state index is 12.0. The molecule has 0 saturated carbocycles. The zero-order valence-corrected chi connectivity index (χ0v) is 24.3. The average molecular weight is 855 g/mol. The molecule has 0 aliphatic heterocycles. The van der Waals surface area contributed by atoms with Crippen LogP contribution in [-0.4, -0.2) is 23.2 Å². The van der Waals surface area contributed by atoms with Gasteiger partial charge < -0.3 is 20.3 Å². The van der Waals surface area contributed by atoms with Crippen molar-refractivity contribution in [3.63, 3.8) is 0 Å². The Morgan fingerprint density at radius 3 is 2.04 bits per heavy atom. The normalized spacial score (nSPS) is 12.7. The van der Waals surface area contributed by atoms with Crippen LogP contribution in [0.15, 0.2) is 24.3 Å². The van der Waals surface area contributed by atoms with Gasteiger partial charge in [0.05, 0.1) is 20.9 Å². The number of phenolic OH excluding ortho intramolecular Hbond substituents is 1. The zero-order valence-electron chi connectivity index (χ0n) is 14.9. The maximum Gasteiger partial charge on any atom is 0.326 e. The van der Waals surface area contributed by atoms with Gasteiger partial charge in [0.2, 0.25) is 0 Å². The van der Waals surface area contributed by atoms with E-state index in [9.17, 15) is 9.90 Å². The van der Waals surface area contributed by atoms with Gasteiger partial charge in [-0.05, 0) is 134 Å². The first-order valence-corrected chi connectivity index (χ1v) is 12.2. The molecule has 0 amide bonds. The van der Waals surface area contributed by atoms with Crippen LogP contribution in [-0.2, 0) is 16.0 Å². The molecule has 0 heterocycles. The van der Waals surface area contributed by atoms with Crippen LogP contribution in [0.1, 0.15) is 19.4 Å². The second-order valence-electron chi connectivity index (χ2n) is 6.04. The molecule has 154 valence electrons. The molecule has 28 heavy (non-hydrogen) atoms. The summed E-state index contributed by atoms with van der Waals surface area (Å²) < 4.78 is 14.4. The first-order valence-electron chi connectivity index (χ1n) is 7.85. The van der Waals surface area contributed by atoms with Gasteiger partial charge in [-0.3, -0.25) is 4.79 Å². The van der Waals surface area contributed by atoms with Gasteiger partial charge in [0.1, 0.15) is 17.0 Å². The summed E-state index contributed by atoms with van der Waals surface area (Å²) in [7, 11) is 0. The van der Waals surface area contributed by atoms with E-state index in [1.165, 1.54) is 0 Å². The van der Waals surface area contributed by atoms with E-state index < -0.39 is 11.5 Å². The van der Waals surface area contributed by atoms with Gasteiger partial charge in [-0.25, -0.2) is 0 Å². The highest BCUT2D eigenvalue weighted by Gasteiger charge is 2.30. The van der Waals surface area contributed by atoms with Crippen molar-refractivity contribution in [1.29, 1.82) is 0 Å². The number of aromatic hydroxyl groups is 1. The molecule has 2 aromatic rings. The fourth-order valence-corrected chi connectivity index (χ4v) is 6.15. The van der Waals surface area contributed by atoms with Gasteiger partial charge in [-0.2, -0.15) is 0 Å². The summed E-state index contributed by atoms with van der Waals surface area (Å²) in [4.78, 5) is 12.0. The van der Waals surface area contributed by atoms with E-state index in [1.807, 2.05) is 12.1 Å². The van der Waals surface area contributed by atoms with Crippen molar-refractivity contribution >= 4 is 109 Å². The SMILES string of the molecule is CCOC(=O)[C@](C)(N)Cc1cc(I)c(Oc2cc(I)c(O)c(I)c2)c(I)c1.Cl. The lowest BCUT2D eigenvalue weighted by molar-refractivity contribution is -0.148. The minimum absolute atomic E-state index is 0. The molecule has 0 saturated heterocycles. The molecule has 0 fully saturated rings. The molecule has 2 rings (SSSR count). The molecule has 0 aromatic heterocycles. The lowest BCUT2D eigenvalue weighted by Crippen LogP contribution is -2.48. The third-order valence-electron chi connectivity index (χ3n) is 3.58. The standard InChI is InChI=1S/C18H17I4NO4.ClH/c1-3-26-17(25)18(2,23)8-9-4-13(21)16(14(22)5-9)27-10-6-11(19)15(24)12(20)7-10;/h4-7,24H,3,8,23H2,1-2H3;1H/t18-;/m1./s1. The fraction of sp³-hybridized carbons (Fsp3) is 0.278. The van der Waals surface area contributed by atoms with Crippen molar-refractivity contribution < 1.29 is 19.4 Å². The van der Waals surface area contributed by atoms with Crippen LogP contribution in [0.3, 0.4) is 0 Å². The molecule has 3 N–H and O–H groups in total. The first kappa shape index (κ1) is 26.7. The molecule has 0 spiro atoms. The van der Waals surface area contributed by atoms with Crippen LogP contribution in [0, 0.1) is 14.3 Å². The Morgan fingerprint density at radius 1 is 1.07 bits per heavy atom. The summed E-state index contributed by atoms with van der Waals surface area (Å²) in [5, 5.41) is 9.91. The molecular weight excluding hydrogens is 837 g/mol. The van der Waals surface area contributed by atoms with E-state index >= 15 is 0 Å². The Kier molecular flexibility index (Phi) is 10.8. The maximum atomic E-state index is 12.0. The molecule has 0 aliphatic carbocycles. The lowest BCUT2D eigenvalue weighted by Gasteiger charge is -2.23.